The van der Waals surface area contributed by atoms with Gasteiger partial charge >= 0.3 is 0 Å². The maximum Gasteiger partial charge on any atom is 0.135 e. The SMILES string of the molecule is CC1=C(C)N(c2cc(C(C)(C)C)cc(C(C)(C)C)c2)[CH-]N1c1[c-]c(Oc2[c-]c3c(cc2)c2cc(-n4c5ccccc5c5ccccc54)ccc2n3-c2cc(C(C)(C)C)ccn2)ccc1.[Pt]. The Bertz CT molecular complexity index is 3250. The van der Waals surface area contributed by atoms with Crippen LogP contribution in [-0.4, -0.2) is 14.1 Å². The van der Waals surface area contributed by atoms with Crippen LogP contribution < -0.4 is 14.5 Å². The number of ether oxygens (including phenoxy) is 1. The van der Waals surface area contributed by atoms with Gasteiger partial charge < -0.3 is 23.7 Å². The summed E-state index contributed by atoms with van der Waals surface area (Å²) in [4.78, 5) is 9.47. The molecule has 3 aromatic heterocycles. The van der Waals surface area contributed by atoms with Gasteiger partial charge in [0, 0.05) is 77.8 Å². The fourth-order valence-electron chi connectivity index (χ4n) is 9.07. The second-order valence-electron chi connectivity index (χ2n) is 20.4. The zero-order chi connectivity index (χ0) is 44.9. The molecule has 1 aliphatic heterocycles. The van der Waals surface area contributed by atoms with Crippen LogP contribution in [0.4, 0.5) is 11.4 Å². The molecular formula is C58H56N5OPt-3. The van der Waals surface area contributed by atoms with Gasteiger partial charge in [0.05, 0.1) is 11.0 Å². The molecule has 332 valence electrons. The van der Waals surface area contributed by atoms with Gasteiger partial charge in [0.25, 0.3) is 0 Å². The molecule has 65 heavy (non-hydrogen) atoms. The molecule has 0 fully saturated rings. The predicted octanol–water partition coefficient (Wildman–Crippen LogP) is 15.3. The molecule has 1 aliphatic rings. The van der Waals surface area contributed by atoms with Crippen molar-refractivity contribution in [1.82, 2.24) is 14.1 Å². The molecule has 7 heteroatoms. The van der Waals surface area contributed by atoms with Gasteiger partial charge in [-0.3, -0.25) is 0 Å². The molecule has 0 spiro atoms. The minimum atomic E-state index is -0.0549. The molecule has 9 aromatic rings. The largest absolute Gasteiger partial charge is 0.509 e. The van der Waals surface area contributed by atoms with Crippen molar-refractivity contribution in [3.63, 3.8) is 0 Å². The average Bonchev–Trinajstić information content (AvgIpc) is 3.88. The van der Waals surface area contributed by atoms with E-state index in [2.05, 4.69) is 223 Å². The normalized spacial score (nSPS) is 13.8. The summed E-state index contributed by atoms with van der Waals surface area (Å²) in [7, 11) is 0. The van der Waals surface area contributed by atoms with Crippen LogP contribution >= 0.6 is 0 Å². The van der Waals surface area contributed by atoms with Gasteiger partial charge in [-0.1, -0.05) is 110 Å². The van der Waals surface area contributed by atoms with E-state index in [4.69, 9.17) is 9.72 Å². The van der Waals surface area contributed by atoms with Crippen LogP contribution in [0.5, 0.6) is 11.5 Å². The molecule has 0 saturated heterocycles. The van der Waals surface area contributed by atoms with E-state index < -0.39 is 0 Å². The van der Waals surface area contributed by atoms with Crippen molar-refractivity contribution in [2.75, 3.05) is 9.80 Å². The first-order valence-electron chi connectivity index (χ1n) is 22.4. The molecule has 0 saturated carbocycles. The van der Waals surface area contributed by atoms with Crippen molar-refractivity contribution in [3.8, 4) is 23.0 Å². The smallest absolute Gasteiger partial charge is 0.135 e. The van der Waals surface area contributed by atoms with Crippen LogP contribution in [0.15, 0.2) is 145 Å². The molecule has 6 aromatic carbocycles. The molecular weight excluding hydrogens is 978 g/mol. The van der Waals surface area contributed by atoms with Crippen LogP contribution in [0.2, 0.25) is 0 Å². The molecule has 4 heterocycles. The zero-order valence-corrected chi connectivity index (χ0v) is 41.5. The van der Waals surface area contributed by atoms with E-state index >= 15 is 0 Å². The zero-order valence-electron chi connectivity index (χ0n) is 39.2. The Labute approximate surface area is 398 Å². The van der Waals surface area contributed by atoms with Gasteiger partial charge in [-0.15, -0.1) is 48.1 Å². The van der Waals surface area contributed by atoms with Crippen LogP contribution in [0.3, 0.4) is 0 Å². The van der Waals surface area contributed by atoms with Gasteiger partial charge in [-0.2, -0.15) is 12.1 Å². The second-order valence-corrected chi connectivity index (χ2v) is 20.4. The monoisotopic (exact) mass is 1030 g/mol. The molecule has 0 amide bonds. The standard InChI is InChI=1S/C58H56N5O.Pt/c1-37-38(2)61(44-30-40(57(6,7)8)29-41(31-44)58(9,10)11)36-60(37)42-17-16-18-45(33-42)64-46-24-25-49-50-34-43(62-51-21-14-12-19-47(51)48-20-13-15-22-52(48)62)23-26-53(50)63(54(49)35-46)55-32-39(27-28-59-55)56(3,4)5;/h12-32,34,36H,1-11H3;/q-3;. The molecule has 6 nitrogen and oxygen atoms in total. The van der Waals surface area contributed by atoms with Crippen molar-refractivity contribution in [2.45, 2.75) is 92.4 Å². The number of para-hydroxylation sites is 2. The van der Waals surface area contributed by atoms with Crippen LogP contribution in [0, 0.1) is 18.8 Å². The maximum atomic E-state index is 6.69. The first-order valence-corrected chi connectivity index (χ1v) is 22.4. The Morgan fingerprint density at radius 1 is 0.492 bits per heavy atom. The Morgan fingerprint density at radius 2 is 1.09 bits per heavy atom. The van der Waals surface area contributed by atoms with Gasteiger partial charge in [0.1, 0.15) is 5.82 Å². The maximum absolute atomic E-state index is 6.69. The number of hydrogen-bond acceptors (Lipinski definition) is 4. The molecule has 0 radical (unpaired) electrons. The third-order valence-corrected chi connectivity index (χ3v) is 12.9. The molecule has 0 N–H and O–H groups in total. The number of nitrogens with zero attached hydrogens (tertiary/aromatic N) is 5. The first-order chi connectivity index (χ1) is 30.4. The quantitative estimate of drug-likeness (QED) is 0.156. The molecule has 10 rings (SSSR count). The minimum absolute atomic E-state index is 0. The number of anilines is 2. The summed E-state index contributed by atoms with van der Waals surface area (Å²) in [5.41, 5.74) is 13.6. The third kappa shape index (κ3) is 7.84. The van der Waals surface area contributed by atoms with Gasteiger partial charge in [-0.05, 0) is 107 Å². The molecule has 0 atom stereocenters. The number of fused-ring (bicyclic) bond motifs is 6. The van der Waals surface area contributed by atoms with E-state index in [1.54, 1.807) is 0 Å². The Hall–Kier alpha value is -6.10. The number of allylic oxidation sites excluding steroid dienone is 2. The fourth-order valence-corrected chi connectivity index (χ4v) is 9.07. The van der Waals surface area contributed by atoms with E-state index in [1.165, 1.54) is 44.2 Å². The number of rotatable bonds is 6. The average molecular weight is 1030 g/mol. The fraction of sp³-hybridized carbons (Fsp3) is 0.241. The summed E-state index contributed by atoms with van der Waals surface area (Å²) >= 11 is 0. The molecule has 0 bridgehead atoms. The van der Waals surface area contributed by atoms with Crippen LogP contribution in [-0.2, 0) is 37.3 Å². The van der Waals surface area contributed by atoms with E-state index in [0.29, 0.717) is 11.5 Å². The Morgan fingerprint density at radius 3 is 1.74 bits per heavy atom. The molecule has 0 aliphatic carbocycles. The van der Waals surface area contributed by atoms with Gasteiger partial charge in [0.15, 0.2) is 0 Å². The summed E-state index contributed by atoms with van der Waals surface area (Å²) < 4.78 is 11.3. The predicted molar refractivity (Wildman–Crippen MR) is 267 cm³/mol. The minimum Gasteiger partial charge on any atom is -0.509 e. The number of aromatic nitrogens is 3. The number of hydrogen-bond donors (Lipinski definition) is 0. The van der Waals surface area contributed by atoms with E-state index in [1.807, 2.05) is 24.4 Å². The summed E-state index contributed by atoms with van der Waals surface area (Å²) in [6.45, 7) is 27.0. The Kier molecular flexibility index (Phi) is 10.9. The summed E-state index contributed by atoms with van der Waals surface area (Å²) in [5.74, 6) is 2.05. The van der Waals surface area contributed by atoms with E-state index in [-0.39, 0.29) is 37.3 Å². The summed E-state index contributed by atoms with van der Waals surface area (Å²) in [6.07, 6.45) is 1.92. The summed E-state index contributed by atoms with van der Waals surface area (Å²) in [6, 6.07) is 53.0. The number of benzene rings is 6. The third-order valence-electron chi connectivity index (χ3n) is 12.9. The van der Waals surface area contributed by atoms with Gasteiger partial charge in [0.2, 0.25) is 0 Å². The van der Waals surface area contributed by atoms with E-state index in [0.717, 1.165) is 50.4 Å². The second kappa shape index (κ2) is 16.1. The van der Waals surface area contributed by atoms with Crippen molar-refractivity contribution in [3.05, 3.63) is 180 Å². The van der Waals surface area contributed by atoms with Crippen LogP contribution in [0.1, 0.15) is 92.9 Å². The van der Waals surface area contributed by atoms with E-state index in [9.17, 15) is 0 Å². The molecule has 0 unspecified atom stereocenters. The number of pyridine rings is 1. The Balaban J connectivity index is 0.00000533. The summed E-state index contributed by atoms with van der Waals surface area (Å²) in [5, 5.41) is 4.66. The van der Waals surface area contributed by atoms with Crippen LogP contribution in [0.25, 0.3) is 55.1 Å². The van der Waals surface area contributed by atoms with Crippen molar-refractivity contribution < 1.29 is 25.8 Å². The first kappa shape index (κ1) is 44.1. The van der Waals surface area contributed by atoms with Gasteiger partial charge in [-0.25, -0.2) is 4.98 Å². The topological polar surface area (TPSA) is 38.5 Å². The van der Waals surface area contributed by atoms with Crippen molar-refractivity contribution >= 4 is 55.0 Å². The van der Waals surface area contributed by atoms with Crippen molar-refractivity contribution in [1.29, 1.82) is 0 Å². The van der Waals surface area contributed by atoms with Crippen molar-refractivity contribution in [2.24, 2.45) is 0 Å².